The molecule has 0 aliphatic carbocycles. The van der Waals surface area contributed by atoms with E-state index in [4.69, 9.17) is 0 Å². The molecule has 0 spiro atoms. The first-order valence-electron chi connectivity index (χ1n) is 13.0. The number of halogens is 2. The van der Waals surface area contributed by atoms with Crippen molar-refractivity contribution in [3.05, 3.63) is 95.1 Å². The Hall–Kier alpha value is -4.47. The third-order valence-electron chi connectivity index (χ3n) is 7.55. The Morgan fingerprint density at radius 1 is 0.950 bits per heavy atom. The molecule has 208 valence electrons. The zero-order valence-electron chi connectivity index (χ0n) is 22.3. The number of ether oxygens (including phenoxy) is 1. The maximum absolute atomic E-state index is 15.1. The molecule has 0 radical (unpaired) electrons. The molecule has 3 aromatic carbocycles. The Kier molecular flexibility index (Phi) is 7.68. The molecule has 2 aliphatic heterocycles. The van der Waals surface area contributed by atoms with Gasteiger partial charge in [-0.2, -0.15) is 0 Å². The second-order valence-electron chi connectivity index (χ2n) is 10.2. The van der Waals surface area contributed by atoms with E-state index in [1.807, 2.05) is 30.3 Å². The zero-order valence-corrected chi connectivity index (χ0v) is 22.3. The number of fused-ring (bicyclic) bond motifs is 1. The Bertz CT molecular complexity index is 1410. The van der Waals surface area contributed by atoms with E-state index in [2.05, 4.69) is 10.1 Å². The molecule has 8 nitrogen and oxygen atoms in total. The van der Waals surface area contributed by atoms with Gasteiger partial charge in [-0.15, -0.1) is 0 Å². The molecule has 3 amide bonds. The number of rotatable bonds is 6. The van der Waals surface area contributed by atoms with E-state index < -0.39 is 23.6 Å². The molecular formula is C30H30F2N4O4. The molecule has 2 saturated heterocycles. The number of carbonyl (C=O) groups excluding carboxylic acids is 3. The van der Waals surface area contributed by atoms with Crippen molar-refractivity contribution < 1.29 is 27.9 Å². The van der Waals surface area contributed by atoms with Crippen LogP contribution >= 0.6 is 0 Å². The fraction of sp³-hybridized carbons (Fsp3) is 0.300. The lowest BCUT2D eigenvalue weighted by molar-refractivity contribution is 0.0689. The number of nitrogens with zero attached hydrogens (tertiary/aromatic N) is 3. The average Bonchev–Trinajstić information content (AvgIpc) is 3.54. The Balaban J connectivity index is 1.27. The van der Waals surface area contributed by atoms with Crippen LogP contribution < -0.4 is 10.2 Å². The summed E-state index contributed by atoms with van der Waals surface area (Å²) in [5, 5.41) is 2.55. The highest BCUT2D eigenvalue weighted by atomic mass is 19.1. The van der Waals surface area contributed by atoms with Gasteiger partial charge in [0.05, 0.1) is 13.2 Å². The highest BCUT2D eigenvalue weighted by molar-refractivity contribution is 5.97. The number of carbonyl (C=O) groups is 3. The normalized spacial score (nSPS) is 17.9. The Morgan fingerprint density at radius 2 is 1.68 bits per heavy atom. The van der Waals surface area contributed by atoms with E-state index in [-0.39, 0.29) is 35.7 Å². The van der Waals surface area contributed by atoms with Gasteiger partial charge in [0.15, 0.2) is 0 Å². The quantitative estimate of drug-likeness (QED) is 0.480. The van der Waals surface area contributed by atoms with E-state index in [1.54, 1.807) is 41.1 Å². The first-order valence-corrected chi connectivity index (χ1v) is 13.0. The van der Waals surface area contributed by atoms with E-state index in [9.17, 15) is 14.4 Å². The fourth-order valence-electron chi connectivity index (χ4n) is 5.62. The Labute approximate surface area is 231 Å². The zero-order chi connectivity index (χ0) is 28.4. The molecule has 0 unspecified atom stereocenters. The molecule has 2 aliphatic rings. The molecule has 0 bridgehead atoms. The van der Waals surface area contributed by atoms with E-state index in [0.717, 1.165) is 17.7 Å². The van der Waals surface area contributed by atoms with Crippen molar-refractivity contribution in [2.24, 2.45) is 5.92 Å². The van der Waals surface area contributed by atoms with Crippen molar-refractivity contribution in [3.63, 3.8) is 0 Å². The highest BCUT2D eigenvalue weighted by Crippen LogP contribution is 2.34. The van der Waals surface area contributed by atoms with Gasteiger partial charge in [-0.3, -0.25) is 14.9 Å². The number of hydrogen-bond acceptors (Lipinski definition) is 5. The molecule has 3 aromatic rings. The van der Waals surface area contributed by atoms with E-state index >= 15 is 8.78 Å². The van der Waals surface area contributed by atoms with Crippen molar-refractivity contribution in [1.29, 1.82) is 0 Å². The summed E-state index contributed by atoms with van der Waals surface area (Å²) in [7, 11) is 2.86. The lowest BCUT2D eigenvalue weighted by Gasteiger charge is -2.25. The van der Waals surface area contributed by atoms with Gasteiger partial charge in [0, 0.05) is 56.0 Å². The number of methoxy groups -OCH3 is 1. The van der Waals surface area contributed by atoms with Crippen LogP contribution in [0.3, 0.4) is 0 Å². The lowest BCUT2D eigenvalue weighted by atomic mass is 10.0. The van der Waals surface area contributed by atoms with Gasteiger partial charge >= 0.3 is 6.09 Å². The third-order valence-corrected chi connectivity index (χ3v) is 7.55. The number of benzene rings is 3. The van der Waals surface area contributed by atoms with Gasteiger partial charge in [-0.25, -0.2) is 13.6 Å². The number of nitrogens with one attached hydrogen (secondary N) is 1. The van der Waals surface area contributed by atoms with Crippen LogP contribution in [0, 0.1) is 17.6 Å². The predicted octanol–water partition coefficient (Wildman–Crippen LogP) is 4.77. The van der Waals surface area contributed by atoms with Crippen LogP contribution in [0.15, 0.2) is 66.7 Å². The average molecular weight is 549 g/mol. The van der Waals surface area contributed by atoms with Crippen LogP contribution in [0.1, 0.15) is 32.7 Å². The van der Waals surface area contributed by atoms with Crippen LogP contribution in [-0.2, 0) is 11.3 Å². The van der Waals surface area contributed by atoms with Crippen molar-refractivity contribution >= 4 is 29.3 Å². The minimum Gasteiger partial charge on any atom is -0.453 e. The molecule has 10 heteroatoms. The van der Waals surface area contributed by atoms with Gasteiger partial charge in [0.25, 0.3) is 11.8 Å². The summed E-state index contributed by atoms with van der Waals surface area (Å²) < 4.78 is 34.8. The van der Waals surface area contributed by atoms with Gasteiger partial charge in [0.1, 0.15) is 17.3 Å². The van der Waals surface area contributed by atoms with Gasteiger partial charge in [-0.05, 0) is 42.3 Å². The second kappa shape index (κ2) is 11.3. The lowest BCUT2D eigenvalue weighted by Crippen LogP contribution is -2.40. The molecule has 1 N–H and O–H groups in total. The summed E-state index contributed by atoms with van der Waals surface area (Å²) in [6.07, 6.45) is 0.0752. The van der Waals surface area contributed by atoms with Crippen LogP contribution in [0.25, 0.3) is 0 Å². The summed E-state index contributed by atoms with van der Waals surface area (Å²) in [5.74, 6) is -2.23. The van der Waals surface area contributed by atoms with E-state index in [1.165, 1.54) is 12.0 Å². The van der Waals surface area contributed by atoms with Crippen molar-refractivity contribution in [2.45, 2.75) is 19.0 Å². The summed E-state index contributed by atoms with van der Waals surface area (Å²) in [6, 6.07) is 17.8. The standard InChI is InChI=1S/C30H30F2N4O4/c1-34(16-19-7-4-3-5-8-19)27-24(31)14-22(15-25(27)32)28(37)35-17-21-11-12-36(26(21)18-35)29(38)20-9-6-10-23(13-20)33-30(39)40-2/h3-10,13-15,21,26H,11-12,16-18H2,1-2H3,(H,33,39)/t21-,26+/m0/s1. The van der Waals surface area contributed by atoms with Crippen LogP contribution in [-0.4, -0.2) is 67.5 Å². The topological polar surface area (TPSA) is 82.2 Å². The summed E-state index contributed by atoms with van der Waals surface area (Å²) in [6.45, 7) is 1.52. The number of anilines is 2. The highest BCUT2D eigenvalue weighted by Gasteiger charge is 2.45. The maximum Gasteiger partial charge on any atom is 0.411 e. The minimum atomic E-state index is -0.807. The first-order chi connectivity index (χ1) is 19.2. The molecule has 0 saturated carbocycles. The van der Waals surface area contributed by atoms with Crippen molar-refractivity contribution in [2.75, 3.05) is 44.0 Å². The van der Waals surface area contributed by atoms with E-state index in [0.29, 0.717) is 37.3 Å². The summed E-state index contributed by atoms with van der Waals surface area (Å²) in [4.78, 5) is 43.0. The van der Waals surface area contributed by atoms with Crippen molar-refractivity contribution in [3.8, 4) is 0 Å². The minimum absolute atomic E-state index is 0.0636. The SMILES string of the molecule is COC(=O)Nc1cccc(C(=O)N2CC[C@H]3CN(C(=O)c4cc(F)c(N(C)Cc5ccccc5)c(F)c4)C[C@H]32)c1. The molecule has 5 rings (SSSR count). The van der Waals surface area contributed by atoms with Crippen molar-refractivity contribution in [1.82, 2.24) is 9.80 Å². The third kappa shape index (κ3) is 5.47. The molecule has 2 atom stereocenters. The van der Waals surface area contributed by atoms with Gasteiger partial charge < -0.3 is 19.4 Å². The smallest absolute Gasteiger partial charge is 0.411 e. The monoisotopic (exact) mass is 548 g/mol. The Morgan fingerprint density at radius 3 is 2.38 bits per heavy atom. The van der Waals surface area contributed by atoms with Gasteiger partial charge in [-0.1, -0.05) is 36.4 Å². The fourth-order valence-corrected chi connectivity index (χ4v) is 5.62. The van der Waals surface area contributed by atoms with Crippen LogP contribution in [0.4, 0.5) is 25.0 Å². The van der Waals surface area contributed by atoms with Crippen LogP contribution in [0.5, 0.6) is 0 Å². The molecule has 2 heterocycles. The van der Waals surface area contributed by atoms with Gasteiger partial charge in [0.2, 0.25) is 0 Å². The molecule has 2 fully saturated rings. The second-order valence-corrected chi connectivity index (χ2v) is 10.2. The summed E-state index contributed by atoms with van der Waals surface area (Å²) >= 11 is 0. The number of amides is 3. The first kappa shape index (κ1) is 27.1. The molecular weight excluding hydrogens is 518 g/mol. The predicted molar refractivity (Wildman–Crippen MR) is 146 cm³/mol. The summed E-state index contributed by atoms with van der Waals surface area (Å²) in [5.41, 5.74) is 1.47. The van der Waals surface area contributed by atoms with Crippen LogP contribution in [0.2, 0.25) is 0 Å². The largest absolute Gasteiger partial charge is 0.453 e. The molecule has 0 aromatic heterocycles. The number of hydrogen-bond donors (Lipinski definition) is 1. The maximum atomic E-state index is 15.1. The molecule has 40 heavy (non-hydrogen) atoms. The number of likely N-dealkylation sites (tertiary alicyclic amines) is 2.